The van der Waals surface area contributed by atoms with E-state index >= 15 is 0 Å². The van der Waals surface area contributed by atoms with Gasteiger partial charge >= 0.3 is 0 Å². The van der Waals surface area contributed by atoms with Gasteiger partial charge in [0.25, 0.3) is 5.56 Å². The van der Waals surface area contributed by atoms with Crippen molar-refractivity contribution in [2.45, 2.75) is 38.1 Å². The standard InChI is InChI=1S/C23H25N3O3S/c1-29-18-8-5-16(6-9-18)7-10-22(28)26-12-3-2-4-20(26)23-24-19(14-21(27)25-23)17-11-13-30-15-17/h5-6,8-9,11,13-15,20H,2-4,7,10,12H2,1H3,(H,24,25,27). The molecule has 6 nitrogen and oxygen atoms in total. The predicted molar refractivity (Wildman–Crippen MR) is 118 cm³/mol. The van der Waals surface area contributed by atoms with Crippen LogP contribution >= 0.6 is 11.3 Å². The fourth-order valence-electron chi connectivity index (χ4n) is 3.89. The number of benzene rings is 1. The second-order valence-corrected chi connectivity index (χ2v) is 8.25. The summed E-state index contributed by atoms with van der Waals surface area (Å²) in [5.74, 6) is 1.49. The van der Waals surface area contributed by atoms with E-state index in [-0.39, 0.29) is 17.5 Å². The van der Waals surface area contributed by atoms with Crippen LogP contribution in [0.3, 0.4) is 0 Å². The van der Waals surface area contributed by atoms with Crippen LogP contribution in [-0.2, 0) is 11.2 Å². The van der Waals surface area contributed by atoms with E-state index in [9.17, 15) is 9.59 Å². The van der Waals surface area contributed by atoms with Crippen LogP contribution in [0.5, 0.6) is 5.75 Å². The van der Waals surface area contributed by atoms with Crippen LogP contribution in [0.25, 0.3) is 11.3 Å². The third-order valence-corrected chi connectivity index (χ3v) is 6.19. The van der Waals surface area contributed by atoms with E-state index in [1.54, 1.807) is 18.4 Å². The molecule has 3 aromatic rings. The summed E-state index contributed by atoms with van der Waals surface area (Å²) in [4.78, 5) is 34.8. The van der Waals surface area contributed by atoms with Crippen molar-refractivity contribution in [3.8, 4) is 17.0 Å². The van der Waals surface area contributed by atoms with Crippen molar-refractivity contribution in [1.82, 2.24) is 14.9 Å². The summed E-state index contributed by atoms with van der Waals surface area (Å²) in [5, 5.41) is 3.94. The molecule has 4 rings (SSSR count). The Bertz CT molecular complexity index is 1040. The summed E-state index contributed by atoms with van der Waals surface area (Å²) in [7, 11) is 1.64. The van der Waals surface area contributed by atoms with Crippen molar-refractivity contribution in [3.63, 3.8) is 0 Å². The quantitative estimate of drug-likeness (QED) is 0.645. The number of aromatic amines is 1. The van der Waals surface area contributed by atoms with Gasteiger partial charge in [-0.25, -0.2) is 4.98 Å². The van der Waals surface area contributed by atoms with Gasteiger partial charge in [-0.05, 0) is 54.8 Å². The second kappa shape index (κ2) is 9.26. The number of nitrogens with one attached hydrogen (secondary N) is 1. The Morgan fingerprint density at radius 1 is 1.27 bits per heavy atom. The second-order valence-electron chi connectivity index (χ2n) is 7.47. The van der Waals surface area contributed by atoms with Gasteiger partial charge in [0.15, 0.2) is 0 Å². The van der Waals surface area contributed by atoms with Gasteiger partial charge < -0.3 is 14.6 Å². The van der Waals surface area contributed by atoms with Gasteiger partial charge in [0.1, 0.15) is 11.6 Å². The summed E-state index contributed by atoms with van der Waals surface area (Å²) in [6.45, 7) is 0.693. The molecule has 2 aromatic heterocycles. The molecule has 1 unspecified atom stereocenters. The third-order valence-electron chi connectivity index (χ3n) is 5.50. The number of rotatable bonds is 6. The first-order chi connectivity index (χ1) is 14.6. The zero-order valence-corrected chi connectivity index (χ0v) is 17.8. The number of aryl methyl sites for hydroxylation is 1. The van der Waals surface area contributed by atoms with E-state index in [2.05, 4.69) is 4.98 Å². The minimum absolute atomic E-state index is 0.0964. The van der Waals surface area contributed by atoms with Crippen molar-refractivity contribution in [2.75, 3.05) is 13.7 Å². The molecule has 0 spiro atoms. The molecule has 1 aliphatic rings. The van der Waals surface area contributed by atoms with Crippen LogP contribution in [0.4, 0.5) is 0 Å². The molecule has 156 valence electrons. The number of amides is 1. The van der Waals surface area contributed by atoms with Crippen LogP contribution in [0, 0.1) is 0 Å². The van der Waals surface area contributed by atoms with E-state index in [0.717, 1.165) is 36.1 Å². The van der Waals surface area contributed by atoms with Gasteiger partial charge in [-0.15, -0.1) is 0 Å². The number of ether oxygens (including phenoxy) is 1. The molecule has 1 aliphatic heterocycles. The van der Waals surface area contributed by atoms with Crippen LogP contribution in [0.15, 0.2) is 52.0 Å². The fraction of sp³-hybridized carbons (Fsp3) is 0.348. The van der Waals surface area contributed by atoms with Gasteiger partial charge in [0.05, 0.1) is 18.8 Å². The van der Waals surface area contributed by atoms with E-state index < -0.39 is 0 Å². The van der Waals surface area contributed by atoms with Gasteiger partial charge in [-0.3, -0.25) is 9.59 Å². The summed E-state index contributed by atoms with van der Waals surface area (Å²) >= 11 is 1.57. The maximum Gasteiger partial charge on any atom is 0.251 e. The number of hydrogen-bond acceptors (Lipinski definition) is 5. The Balaban J connectivity index is 1.51. The molecule has 7 heteroatoms. The van der Waals surface area contributed by atoms with Crippen molar-refractivity contribution in [1.29, 1.82) is 0 Å². The van der Waals surface area contributed by atoms with E-state index in [1.165, 1.54) is 6.07 Å². The smallest absolute Gasteiger partial charge is 0.251 e. The van der Waals surface area contributed by atoms with Crippen LogP contribution in [0.2, 0.25) is 0 Å². The first-order valence-corrected chi connectivity index (χ1v) is 11.1. The largest absolute Gasteiger partial charge is 0.497 e. The Hall–Kier alpha value is -2.93. The van der Waals surface area contributed by atoms with Gasteiger partial charge in [-0.1, -0.05) is 12.1 Å². The minimum Gasteiger partial charge on any atom is -0.497 e. The molecule has 0 aliphatic carbocycles. The number of piperidine rings is 1. The predicted octanol–water partition coefficient (Wildman–Crippen LogP) is 4.19. The molecule has 1 N–H and O–H groups in total. The maximum atomic E-state index is 13.1. The normalized spacial score (nSPS) is 16.4. The molecular weight excluding hydrogens is 398 g/mol. The molecule has 1 aromatic carbocycles. The molecule has 1 amide bonds. The van der Waals surface area contributed by atoms with Crippen molar-refractivity contribution < 1.29 is 9.53 Å². The topological polar surface area (TPSA) is 75.3 Å². The number of carbonyl (C=O) groups excluding carboxylic acids is 1. The third kappa shape index (κ3) is 4.62. The summed E-state index contributed by atoms with van der Waals surface area (Å²) in [5.41, 5.74) is 2.51. The molecule has 0 saturated carbocycles. The number of H-pyrrole nitrogens is 1. The average Bonchev–Trinajstić information content (AvgIpc) is 3.32. The monoisotopic (exact) mass is 423 g/mol. The number of nitrogens with zero attached hydrogens (tertiary/aromatic N) is 2. The van der Waals surface area contributed by atoms with Gasteiger partial charge in [0, 0.05) is 30.0 Å². The molecule has 1 atom stereocenters. The fourth-order valence-corrected chi connectivity index (χ4v) is 4.54. The number of hydrogen-bond donors (Lipinski definition) is 1. The lowest BCUT2D eigenvalue weighted by Crippen LogP contribution is -2.40. The molecule has 0 bridgehead atoms. The zero-order chi connectivity index (χ0) is 20.9. The molecule has 30 heavy (non-hydrogen) atoms. The Kier molecular flexibility index (Phi) is 6.28. The first kappa shape index (κ1) is 20.3. The van der Waals surface area contributed by atoms with E-state index in [1.807, 2.05) is 46.0 Å². The highest BCUT2D eigenvalue weighted by molar-refractivity contribution is 7.08. The number of aromatic nitrogens is 2. The van der Waals surface area contributed by atoms with Crippen LogP contribution in [-0.4, -0.2) is 34.4 Å². The van der Waals surface area contributed by atoms with Crippen LogP contribution in [0.1, 0.15) is 43.1 Å². The maximum absolute atomic E-state index is 13.1. The number of methoxy groups -OCH3 is 1. The Labute approximate surface area is 179 Å². The lowest BCUT2D eigenvalue weighted by atomic mass is 9.99. The molecule has 1 fully saturated rings. The van der Waals surface area contributed by atoms with Gasteiger partial charge in [0.2, 0.25) is 5.91 Å². The molecule has 0 radical (unpaired) electrons. The van der Waals surface area contributed by atoms with Crippen molar-refractivity contribution >= 4 is 17.2 Å². The lowest BCUT2D eigenvalue weighted by Gasteiger charge is -2.35. The highest BCUT2D eigenvalue weighted by Gasteiger charge is 2.29. The molecule has 3 heterocycles. The first-order valence-electron chi connectivity index (χ1n) is 10.2. The summed E-state index contributed by atoms with van der Waals surface area (Å²) < 4.78 is 5.19. The SMILES string of the molecule is COc1ccc(CCC(=O)N2CCCCC2c2nc(-c3ccsc3)cc(=O)[nH]2)cc1. The summed E-state index contributed by atoms with van der Waals surface area (Å²) in [6.07, 6.45) is 3.89. The van der Waals surface area contributed by atoms with E-state index in [4.69, 9.17) is 9.72 Å². The molecular formula is C23H25N3O3S. The number of thiophene rings is 1. The van der Waals surface area contributed by atoms with Crippen molar-refractivity contribution in [3.05, 3.63) is 68.9 Å². The molecule has 1 saturated heterocycles. The Morgan fingerprint density at radius 3 is 2.83 bits per heavy atom. The number of likely N-dealkylation sites (tertiary alicyclic amines) is 1. The highest BCUT2D eigenvalue weighted by atomic mass is 32.1. The Morgan fingerprint density at radius 2 is 2.10 bits per heavy atom. The van der Waals surface area contributed by atoms with Gasteiger partial charge in [-0.2, -0.15) is 11.3 Å². The zero-order valence-electron chi connectivity index (χ0n) is 17.0. The minimum atomic E-state index is -0.187. The highest BCUT2D eigenvalue weighted by Crippen LogP contribution is 2.30. The average molecular weight is 424 g/mol. The van der Waals surface area contributed by atoms with Crippen LogP contribution < -0.4 is 10.3 Å². The van der Waals surface area contributed by atoms with Crippen molar-refractivity contribution in [2.24, 2.45) is 0 Å². The van der Waals surface area contributed by atoms with E-state index in [0.29, 0.717) is 30.9 Å². The summed E-state index contributed by atoms with van der Waals surface area (Å²) in [6, 6.07) is 11.1. The lowest BCUT2D eigenvalue weighted by molar-refractivity contribution is -0.135. The number of carbonyl (C=O) groups is 1.